The molecule has 0 spiro atoms. The number of carbonyl (C=O) groups excluding carboxylic acids is 1. The average molecular weight is 208 g/mol. The second-order valence-electron chi connectivity index (χ2n) is 3.51. The first-order chi connectivity index (χ1) is 7.19. The van der Waals surface area contributed by atoms with Crippen molar-refractivity contribution in [2.45, 2.75) is 19.3 Å². The van der Waals surface area contributed by atoms with Gasteiger partial charge in [-0.15, -0.1) is 0 Å². The van der Waals surface area contributed by atoms with E-state index >= 15 is 0 Å². The molecule has 0 aromatic carbocycles. The zero-order chi connectivity index (χ0) is 10.8. The van der Waals surface area contributed by atoms with Crippen LogP contribution in [-0.4, -0.2) is 27.8 Å². The minimum absolute atomic E-state index is 0.0837. The third-order valence-corrected chi connectivity index (χ3v) is 2.23. The quantitative estimate of drug-likeness (QED) is 0.748. The fourth-order valence-electron chi connectivity index (χ4n) is 1.29. The Bertz CT molecular complexity index is 390. The van der Waals surface area contributed by atoms with Crippen LogP contribution in [0.2, 0.25) is 0 Å². The highest BCUT2D eigenvalue weighted by Crippen LogP contribution is 2.30. The summed E-state index contributed by atoms with van der Waals surface area (Å²) >= 11 is 0. The number of hydrogen-bond donors (Lipinski definition) is 1. The van der Waals surface area contributed by atoms with E-state index in [-0.39, 0.29) is 30.1 Å². The number of methoxy groups -OCH3 is 1. The Morgan fingerprint density at radius 1 is 1.47 bits per heavy atom. The molecule has 0 atom stereocenters. The summed E-state index contributed by atoms with van der Waals surface area (Å²) in [7, 11) is 1.45. The number of nitrogens with zero attached hydrogens (tertiary/aromatic N) is 3. The molecule has 1 aliphatic carbocycles. The first-order valence-electron chi connectivity index (χ1n) is 4.76. The third-order valence-electron chi connectivity index (χ3n) is 2.23. The molecule has 15 heavy (non-hydrogen) atoms. The maximum Gasteiger partial charge on any atom is 0.321 e. The predicted octanol–water partition coefficient (Wildman–Crippen LogP) is -0.0160. The molecule has 2 rings (SSSR count). The van der Waals surface area contributed by atoms with Crippen LogP contribution in [0.4, 0.5) is 5.95 Å². The topological polar surface area (TPSA) is 91.0 Å². The van der Waals surface area contributed by atoms with Crippen molar-refractivity contribution in [1.29, 1.82) is 0 Å². The van der Waals surface area contributed by atoms with Crippen LogP contribution in [0.1, 0.15) is 18.7 Å². The van der Waals surface area contributed by atoms with Crippen molar-refractivity contribution in [3.8, 4) is 6.01 Å². The summed E-state index contributed by atoms with van der Waals surface area (Å²) in [6, 6.07) is 0.154. The average Bonchev–Trinajstić information content (AvgIpc) is 2.99. The number of nitrogen functional groups attached to an aromatic ring is 1. The number of ether oxygens (including phenoxy) is 1. The van der Waals surface area contributed by atoms with Crippen LogP contribution in [0, 0.1) is 5.92 Å². The van der Waals surface area contributed by atoms with Crippen LogP contribution in [0.5, 0.6) is 6.01 Å². The van der Waals surface area contributed by atoms with E-state index in [1.165, 1.54) is 7.11 Å². The molecular weight excluding hydrogens is 196 g/mol. The third kappa shape index (κ3) is 2.39. The summed E-state index contributed by atoms with van der Waals surface area (Å²) < 4.78 is 4.84. The summed E-state index contributed by atoms with van der Waals surface area (Å²) in [4.78, 5) is 23.1. The second-order valence-corrected chi connectivity index (χ2v) is 3.51. The molecule has 0 radical (unpaired) electrons. The first kappa shape index (κ1) is 9.82. The largest absolute Gasteiger partial charge is 0.467 e. The second kappa shape index (κ2) is 3.80. The van der Waals surface area contributed by atoms with Gasteiger partial charge in [0.15, 0.2) is 0 Å². The molecule has 1 aliphatic rings. The van der Waals surface area contributed by atoms with E-state index in [0.29, 0.717) is 5.82 Å². The molecule has 6 nitrogen and oxygen atoms in total. The van der Waals surface area contributed by atoms with Crippen molar-refractivity contribution >= 4 is 11.7 Å². The van der Waals surface area contributed by atoms with Crippen LogP contribution in [0.25, 0.3) is 0 Å². The molecule has 0 bridgehead atoms. The predicted molar refractivity (Wildman–Crippen MR) is 52.2 cm³/mol. The number of anilines is 1. The van der Waals surface area contributed by atoms with Crippen molar-refractivity contribution in [2.75, 3.05) is 12.8 Å². The first-order valence-corrected chi connectivity index (χ1v) is 4.76. The maximum absolute atomic E-state index is 11.5. The van der Waals surface area contributed by atoms with Crippen molar-refractivity contribution in [3.63, 3.8) is 0 Å². The molecule has 1 fully saturated rings. The van der Waals surface area contributed by atoms with Crippen molar-refractivity contribution in [1.82, 2.24) is 15.0 Å². The van der Waals surface area contributed by atoms with Gasteiger partial charge in [0.05, 0.1) is 13.5 Å². The number of ketones is 1. The highest BCUT2D eigenvalue weighted by Gasteiger charge is 2.29. The zero-order valence-electron chi connectivity index (χ0n) is 8.43. The maximum atomic E-state index is 11.5. The minimum Gasteiger partial charge on any atom is -0.467 e. The van der Waals surface area contributed by atoms with Gasteiger partial charge in [-0.3, -0.25) is 4.79 Å². The number of aromatic nitrogens is 3. The number of nitrogens with two attached hydrogens (primary N) is 1. The lowest BCUT2D eigenvalue weighted by molar-refractivity contribution is -0.119. The van der Waals surface area contributed by atoms with Gasteiger partial charge in [0, 0.05) is 5.92 Å². The summed E-state index contributed by atoms with van der Waals surface area (Å²) in [5.74, 6) is 0.841. The number of carbonyl (C=O) groups is 1. The molecule has 0 saturated heterocycles. The number of hydrogen-bond acceptors (Lipinski definition) is 6. The normalized spacial score (nSPS) is 15.0. The fourth-order valence-corrected chi connectivity index (χ4v) is 1.29. The van der Waals surface area contributed by atoms with Gasteiger partial charge in [0.25, 0.3) is 0 Å². The van der Waals surface area contributed by atoms with Gasteiger partial charge in [-0.1, -0.05) is 0 Å². The zero-order valence-corrected chi connectivity index (χ0v) is 8.43. The van der Waals surface area contributed by atoms with E-state index in [9.17, 15) is 4.79 Å². The molecule has 1 aromatic heterocycles. The van der Waals surface area contributed by atoms with Gasteiger partial charge < -0.3 is 10.5 Å². The van der Waals surface area contributed by atoms with Crippen LogP contribution >= 0.6 is 0 Å². The highest BCUT2D eigenvalue weighted by atomic mass is 16.5. The van der Waals surface area contributed by atoms with Gasteiger partial charge in [-0.25, -0.2) is 0 Å². The Kier molecular flexibility index (Phi) is 2.49. The minimum atomic E-state index is 0.0837. The molecule has 80 valence electrons. The molecule has 1 aromatic rings. The van der Waals surface area contributed by atoms with Gasteiger partial charge in [0.1, 0.15) is 11.6 Å². The standard InChI is InChI=1S/C9H12N4O2/c1-15-9-12-7(11-8(10)13-9)4-6(14)5-2-3-5/h5H,2-4H2,1H3,(H2,10,11,12,13). The highest BCUT2D eigenvalue weighted by molar-refractivity contribution is 5.84. The number of Topliss-reactive ketones (excluding diaryl/α,β-unsaturated/α-hetero) is 1. The summed E-state index contributed by atoms with van der Waals surface area (Å²) in [6.07, 6.45) is 2.18. The summed E-state index contributed by atoms with van der Waals surface area (Å²) in [6.45, 7) is 0. The van der Waals surface area contributed by atoms with Gasteiger partial charge in [0.2, 0.25) is 5.95 Å². The van der Waals surface area contributed by atoms with E-state index < -0.39 is 0 Å². The van der Waals surface area contributed by atoms with Gasteiger partial charge >= 0.3 is 6.01 Å². The summed E-state index contributed by atoms with van der Waals surface area (Å²) in [5, 5.41) is 0. The van der Waals surface area contributed by atoms with E-state index in [0.717, 1.165) is 12.8 Å². The Labute approximate surface area is 86.9 Å². The molecule has 1 heterocycles. The van der Waals surface area contributed by atoms with Crippen LogP contribution < -0.4 is 10.5 Å². The van der Waals surface area contributed by atoms with Crippen molar-refractivity contribution < 1.29 is 9.53 Å². The van der Waals surface area contributed by atoms with Crippen molar-refractivity contribution in [3.05, 3.63) is 5.82 Å². The molecule has 0 amide bonds. The van der Waals surface area contributed by atoms with Crippen LogP contribution in [0.15, 0.2) is 0 Å². The monoisotopic (exact) mass is 208 g/mol. The van der Waals surface area contributed by atoms with E-state index in [1.807, 2.05) is 0 Å². The number of rotatable bonds is 4. The molecular formula is C9H12N4O2. The fraction of sp³-hybridized carbons (Fsp3) is 0.556. The molecule has 0 unspecified atom stereocenters. The Balaban J connectivity index is 2.12. The van der Waals surface area contributed by atoms with E-state index in [1.54, 1.807) is 0 Å². The van der Waals surface area contributed by atoms with Crippen LogP contribution in [0.3, 0.4) is 0 Å². The van der Waals surface area contributed by atoms with Crippen molar-refractivity contribution in [2.24, 2.45) is 5.92 Å². The lowest BCUT2D eigenvalue weighted by Gasteiger charge is -2.02. The van der Waals surface area contributed by atoms with E-state index in [2.05, 4.69) is 15.0 Å². The van der Waals surface area contributed by atoms with Crippen LogP contribution in [-0.2, 0) is 11.2 Å². The smallest absolute Gasteiger partial charge is 0.321 e. The van der Waals surface area contributed by atoms with Gasteiger partial charge in [-0.05, 0) is 12.8 Å². The summed E-state index contributed by atoms with van der Waals surface area (Å²) in [5.41, 5.74) is 5.45. The SMILES string of the molecule is COc1nc(N)nc(CC(=O)C2CC2)n1. The van der Waals surface area contributed by atoms with Gasteiger partial charge in [-0.2, -0.15) is 15.0 Å². The lowest BCUT2D eigenvalue weighted by atomic mass is 10.2. The molecule has 1 saturated carbocycles. The Morgan fingerprint density at radius 3 is 2.80 bits per heavy atom. The molecule has 2 N–H and O–H groups in total. The molecule has 6 heteroatoms. The Hall–Kier alpha value is -1.72. The lowest BCUT2D eigenvalue weighted by Crippen LogP contribution is -2.11. The van der Waals surface area contributed by atoms with E-state index in [4.69, 9.17) is 10.5 Å². The molecule has 0 aliphatic heterocycles. The Morgan fingerprint density at radius 2 is 2.20 bits per heavy atom.